The van der Waals surface area contributed by atoms with E-state index in [0.717, 1.165) is 4.31 Å². The highest BCUT2D eigenvalue weighted by Crippen LogP contribution is 2.13. The van der Waals surface area contributed by atoms with Crippen molar-refractivity contribution in [1.29, 1.82) is 0 Å². The van der Waals surface area contributed by atoms with Crippen molar-refractivity contribution < 1.29 is 13.2 Å². The van der Waals surface area contributed by atoms with Gasteiger partial charge in [-0.15, -0.1) is 0 Å². The number of likely N-dealkylation sites (N-methyl/N-ethyl adjacent to an activating group) is 1. The third-order valence-electron chi connectivity index (χ3n) is 2.28. The molecule has 1 aromatic rings. The SMILES string of the molecule is CC(C)NC(=O)CN(C)S(=O)(=O)c1ccc(N)nc1. The maximum Gasteiger partial charge on any atom is 0.244 e. The number of amides is 1. The van der Waals surface area contributed by atoms with Crippen LogP contribution in [-0.2, 0) is 14.8 Å². The van der Waals surface area contributed by atoms with Gasteiger partial charge in [-0.05, 0) is 26.0 Å². The molecule has 0 unspecified atom stereocenters. The van der Waals surface area contributed by atoms with E-state index in [1.54, 1.807) is 13.8 Å². The van der Waals surface area contributed by atoms with Gasteiger partial charge < -0.3 is 11.1 Å². The largest absolute Gasteiger partial charge is 0.384 e. The van der Waals surface area contributed by atoms with Crippen LogP contribution in [-0.4, -0.2) is 43.2 Å². The van der Waals surface area contributed by atoms with Crippen LogP contribution in [0.3, 0.4) is 0 Å². The van der Waals surface area contributed by atoms with Crippen molar-refractivity contribution >= 4 is 21.7 Å². The lowest BCUT2D eigenvalue weighted by atomic mass is 10.4. The Hall–Kier alpha value is -1.67. The van der Waals surface area contributed by atoms with Crippen LogP contribution >= 0.6 is 0 Å². The molecular weight excluding hydrogens is 268 g/mol. The number of rotatable bonds is 5. The minimum absolute atomic E-state index is 0.00143. The molecule has 7 nitrogen and oxygen atoms in total. The first kappa shape index (κ1) is 15.4. The quantitative estimate of drug-likeness (QED) is 0.780. The highest BCUT2D eigenvalue weighted by atomic mass is 32.2. The first-order valence-electron chi connectivity index (χ1n) is 5.70. The van der Waals surface area contributed by atoms with Crippen molar-refractivity contribution in [1.82, 2.24) is 14.6 Å². The van der Waals surface area contributed by atoms with Gasteiger partial charge in [-0.25, -0.2) is 13.4 Å². The lowest BCUT2D eigenvalue weighted by Gasteiger charge is -2.17. The molecule has 1 rings (SSSR count). The summed E-state index contributed by atoms with van der Waals surface area (Å²) in [4.78, 5) is 15.3. The average molecular weight is 286 g/mol. The number of nitrogens with one attached hydrogen (secondary N) is 1. The van der Waals surface area contributed by atoms with Gasteiger partial charge in [0.2, 0.25) is 15.9 Å². The Morgan fingerprint density at radius 3 is 2.58 bits per heavy atom. The van der Waals surface area contributed by atoms with E-state index in [2.05, 4.69) is 10.3 Å². The molecule has 0 radical (unpaired) electrons. The Kier molecular flexibility index (Phi) is 4.84. The summed E-state index contributed by atoms with van der Waals surface area (Å²) in [6, 6.07) is 2.71. The van der Waals surface area contributed by atoms with Gasteiger partial charge in [0.05, 0.1) is 6.54 Å². The zero-order valence-corrected chi connectivity index (χ0v) is 11.9. The van der Waals surface area contributed by atoms with E-state index in [4.69, 9.17) is 5.73 Å². The van der Waals surface area contributed by atoms with Crippen LogP contribution in [0.5, 0.6) is 0 Å². The second-order valence-electron chi connectivity index (χ2n) is 4.40. The Balaban J connectivity index is 2.83. The second kappa shape index (κ2) is 5.98. The molecule has 0 aliphatic rings. The summed E-state index contributed by atoms with van der Waals surface area (Å²) in [5, 5.41) is 2.63. The number of pyridine rings is 1. The molecule has 1 amide bonds. The number of nitrogens with zero attached hydrogens (tertiary/aromatic N) is 2. The molecule has 0 aliphatic heterocycles. The van der Waals surface area contributed by atoms with Crippen LogP contribution in [0.25, 0.3) is 0 Å². The zero-order valence-electron chi connectivity index (χ0n) is 11.1. The van der Waals surface area contributed by atoms with Gasteiger partial charge in [-0.2, -0.15) is 4.31 Å². The molecule has 0 spiro atoms. The van der Waals surface area contributed by atoms with Crippen LogP contribution in [0.1, 0.15) is 13.8 Å². The number of nitrogens with two attached hydrogens (primary N) is 1. The standard InChI is InChI=1S/C11H18N4O3S/c1-8(2)14-11(16)7-15(3)19(17,18)9-4-5-10(12)13-6-9/h4-6,8H,7H2,1-3H3,(H2,12,13)(H,14,16). The molecule has 0 bridgehead atoms. The van der Waals surface area contributed by atoms with Gasteiger partial charge in [-0.1, -0.05) is 0 Å². The monoisotopic (exact) mass is 286 g/mol. The normalized spacial score (nSPS) is 11.8. The maximum atomic E-state index is 12.1. The zero-order chi connectivity index (χ0) is 14.6. The van der Waals surface area contributed by atoms with E-state index in [1.807, 2.05) is 0 Å². The van der Waals surface area contributed by atoms with Gasteiger partial charge in [0.15, 0.2) is 0 Å². The molecule has 0 saturated heterocycles. The molecule has 106 valence electrons. The fourth-order valence-corrected chi connectivity index (χ4v) is 2.45. The van der Waals surface area contributed by atoms with Gasteiger partial charge in [-0.3, -0.25) is 4.79 Å². The fourth-order valence-electron chi connectivity index (χ4n) is 1.38. The van der Waals surface area contributed by atoms with Crippen LogP contribution in [0.4, 0.5) is 5.82 Å². The van der Waals surface area contributed by atoms with Crippen molar-refractivity contribution in [3.05, 3.63) is 18.3 Å². The minimum atomic E-state index is -3.73. The molecule has 1 heterocycles. The molecule has 19 heavy (non-hydrogen) atoms. The minimum Gasteiger partial charge on any atom is -0.384 e. The van der Waals surface area contributed by atoms with Crippen molar-refractivity contribution in [3.8, 4) is 0 Å². The van der Waals surface area contributed by atoms with E-state index >= 15 is 0 Å². The average Bonchev–Trinajstić information content (AvgIpc) is 2.28. The van der Waals surface area contributed by atoms with E-state index in [-0.39, 0.29) is 29.2 Å². The third kappa shape index (κ3) is 4.18. The van der Waals surface area contributed by atoms with Gasteiger partial charge in [0.1, 0.15) is 10.7 Å². The number of hydrogen-bond acceptors (Lipinski definition) is 5. The van der Waals surface area contributed by atoms with Crippen molar-refractivity contribution in [2.45, 2.75) is 24.8 Å². The van der Waals surface area contributed by atoms with E-state index < -0.39 is 10.0 Å². The maximum absolute atomic E-state index is 12.1. The molecule has 0 saturated carbocycles. The van der Waals surface area contributed by atoms with E-state index in [1.165, 1.54) is 25.4 Å². The Labute approximate surface area is 112 Å². The first-order chi connectivity index (χ1) is 8.73. The highest BCUT2D eigenvalue weighted by Gasteiger charge is 2.23. The lowest BCUT2D eigenvalue weighted by molar-refractivity contribution is -0.121. The first-order valence-corrected chi connectivity index (χ1v) is 7.14. The van der Waals surface area contributed by atoms with Crippen molar-refractivity contribution in [2.75, 3.05) is 19.3 Å². The Bertz CT molecular complexity index is 540. The predicted octanol–water partition coefficient (Wildman–Crippen LogP) is -0.191. The summed E-state index contributed by atoms with van der Waals surface area (Å²) < 4.78 is 25.2. The Morgan fingerprint density at radius 2 is 2.11 bits per heavy atom. The highest BCUT2D eigenvalue weighted by molar-refractivity contribution is 7.89. The summed E-state index contributed by atoms with van der Waals surface area (Å²) >= 11 is 0. The van der Waals surface area contributed by atoms with E-state index in [0.29, 0.717) is 0 Å². The molecule has 0 aliphatic carbocycles. The molecule has 3 N–H and O–H groups in total. The summed E-state index contributed by atoms with van der Waals surface area (Å²) in [6.07, 6.45) is 1.17. The second-order valence-corrected chi connectivity index (χ2v) is 6.45. The summed E-state index contributed by atoms with van der Waals surface area (Å²) in [6.45, 7) is 3.36. The summed E-state index contributed by atoms with van der Waals surface area (Å²) in [7, 11) is -2.39. The molecule has 8 heteroatoms. The lowest BCUT2D eigenvalue weighted by Crippen LogP contribution is -2.40. The molecule has 1 aromatic heterocycles. The van der Waals surface area contributed by atoms with E-state index in [9.17, 15) is 13.2 Å². The number of aromatic nitrogens is 1. The van der Waals surface area contributed by atoms with Crippen LogP contribution in [0, 0.1) is 0 Å². The number of carbonyl (C=O) groups is 1. The molecule has 0 aromatic carbocycles. The number of nitrogen functional groups attached to an aromatic ring is 1. The third-order valence-corrected chi connectivity index (χ3v) is 4.07. The number of carbonyl (C=O) groups excluding carboxylic acids is 1. The number of hydrogen-bond donors (Lipinski definition) is 2. The molecule has 0 atom stereocenters. The van der Waals surface area contributed by atoms with Crippen molar-refractivity contribution in [3.63, 3.8) is 0 Å². The fraction of sp³-hybridized carbons (Fsp3) is 0.455. The number of sulfonamides is 1. The van der Waals surface area contributed by atoms with Crippen LogP contribution in [0.2, 0.25) is 0 Å². The van der Waals surface area contributed by atoms with Gasteiger partial charge in [0, 0.05) is 19.3 Å². The van der Waals surface area contributed by atoms with Gasteiger partial charge in [0.25, 0.3) is 0 Å². The molecule has 0 fully saturated rings. The smallest absolute Gasteiger partial charge is 0.244 e. The van der Waals surface area contributed by atoms with Crippen LogP contribution < -0.4 is 11.1 Å². The summed E-state index contributed by atoms with van der Waals surface area (Å²) in [5.74, 6) is -0.122. The Morgan fingerprint density at radius 1 is 1.47 bits per heavy atom. The molecular formula is C11H18N4O3S. The van der Waals surface area contributed by atoms with Crippen molar-refractivity contribution in [2.24, 2.45) is 0 Å². The topological polar surface area (TPSA) is 105 Å². The number of anilines is 1. The van der Waals surface area contributed by atoms with Gasteiger partial charge >= 0.3 is 0 Å². The predicted molar refractivity (Wildman–Crippen MR) is 71.7 cm³/mol. The summed E-state index contributed by atoms with van der Waals surface area (Å²) in [5.41, 5.74) is 5.40. The van der Waals surface area contributed by atoms with Crippen LogP contribution in [0.15, 0.2) is 23.2 Å².